The predicted octanol–water partition coefficient (Wildman–Crippen LogP) is 5.58. The van der Waals surface area contributed by atoms with Crippen molar-refractivity contribution in [2.24, 2.45) is 5.92 Å². The highest BCUT2D eigenvalue weighted by Gasteiger charge is 2.52. The number of nitrogens with one attached hydrogen (secondary N) is 2. The van der Waals surface area contributed by atoms with E-state index in [1.54, 1.807) is 38.2 Å². The van der Waals surface area contributed by atoms with Crippen LogP contribution in [0.4, 0.5) is 24.5 Å². The van der Waals surface area contributed by atoms with E-state index in [1.165, 1.54) is 11.0 Å². The fraction of sp³-hybridized carbons (Fsp3) is 0.575. The molecule has 2 N–H and O–H groups in total. The van der Waals surface area contributed by atoms with Crippen LogP contribution >= 0.6 is 12.2 Å². The molecule has 3 atom stereocenters. The Kier molecular flexibility index (Phi) is 12.2. The summed E-state index contributed by atoms with van der Waals surface area (Å²) in [6.45, 7) is 10.7. The fourth-order valence-corrected chi connectivity index (χ4v) is 9.50. The fourth-order valence-electron chi connectivity index (χ4n) is 8.94. The molecule has 1 saturated carbocycles. The van der Waals surface area contributed by atoms with Gasteiger partial charge in [-0.1, -0.05) is 0 Å². The Balaban J connectivity index is 0.942. The number of carbonyl (C=O) groups is 4. The summed E-state index contributed by atoms with van der Waals surface area (Å²) in [5.74, 6) is -1.10. The van der Waals surface area contributed by atoms with Gasteiger partial charge in [0, 0.05) is 37.6 Å². The molecule has 0 spiro atoms. The van der Waals surface area contributed by atoms with Gasteiger partial charge in [-0.15, -0.1) is 0 Å². The number of hydrogen-bond acceptors (Lipinski definition) is 9. The third-order valence-electron chi connectivity index (χ3n) is 11.9. The minimum atomic E-state index is -4.75. The van der Waals surface area contributed by atoms with Crippen LogP contribution in [0.25, 0.3) is 0 Å². The molecule has 1 unspecified atom stereocenters. The molecule has 4 heterocycles. The molecule has 1 aromatic heterocycles. The maximum Gasteiger partial charge on any atom is 0.417 e. The molecule has 300 valence electrons. The van der Waals surface area contributed by atoms with E-state index in [9.17, 15) is 37.6 Å². The lowest BCUT2D eigenvalue weighted by Gasteiger charge is -2.44. The third-order valence-corrected chi connectivity index (χ3v) is 12.2. The van der Waals surface area contributed by atoms with Crippen LogP contribution in [0.5, 0.6) is 0 Å². The van der Waals surface area contributed by atoms with Gasteiger partial charge in [-0.25, -0.2) is 0 Å². The van der Waals surface area contributed by atoms with E-state index in [0.717, 1.165) is 70.3 Å². The van der Waals surface area contributed by atoms with E-state index in [2.05, 4.69) is 39.3 Å². The number of pyridine rings is 1. The highest BCUT2D eigenvalue weighted by molar-refractivity contribution is 7.80. The van der Waals surface area contributed by atoms with Crippen LogP contribution in [0.1, 0.15) is 102 Å². The predicted molar refractivity (Wildman–Crippen MR) is 207 cm³/mol. The van der Waals surface area contributed by atoms with Crippen molar-refractivity contribution in [2.75, 3.05) is 36.4 Å². The Morgan fingerprint density at radius 2 is 1.75 bits per heavy atom. The van der Waals surface area contributed by atoms with E-state index in [-0.39, 0.29) is 65.5 Å². The summed E-state index contributed by atoms with van der Waals surface area (Å²) in [7, 11) is 0. The number of halogens is 3. The van der Waals surface area contributed by atoms with Crippen LogP contribution in [-0.4, -0.2) is 98.3 Å². The van der Waals surface area contributed by atoms with Crippen LogP contribution in [0.3, 0.4) is 0 Å². The van der Waals surface area contributed by atoms with Gasteiger partial charge in [0.1, 0.15) is 5.54 Å². The van der Waals surface area contributed by atoms with E-state index in [4.69, 9.17) is 12.2 Å². The first-order valence-corrected chi connectivity index (χ1v) is 19.8. The Bertz CT molecular complexity index is 1880. The molecule has 3 aliphatic heterocycles. The van der Waals surface area contributed by atoms with E-state index >= 15 is 0 Å². The van der Waals surface area contributed by atoms with E-state index < -0.39 is 28.8 Å². The number of imide groups is 1. The first-order chi connectivity index (χ1) is 26.5. The van der Waals surface area contributed by atoms with Gasteiger partial charge in [-0.3, -0.25) is 39.3 Å². The lowest BCUT2D eigenvalue weighted by atomic mass is 9.82. The maximum absolute atomic E-state index is 13.7. The normalized spacial score (nSPS) is 26.3. The van der Waals surface area contributed by atoms with Gasteiger partial charge in [0.15, 0.2) is 5.11 Å². The number of alkyl halides is 3. The van der Waals surface area contributed by atoms with Crippen LogP contribution in [0, 0.1) is 17.2 Å². The zero-order valence-corrected chi connectivity index (χ0v) is 33.0. The number of amides is 4. The van der Waals surface area contributed by atoms with Crippen molar-refractivity contribution < 1.29 is 32.3 Å². The molecule has 0 radical (unpaired) electrons. The summed E-state index contributed by atoms with van der Waals surface area (Å²) in [6, 6.07) is 8.64. The number of piperazine rings is 1. The van der Waals surface area contributed by atoms with Crippen LogP contribution in [0.2, 0.25) is 0 Å². The zero-order valence-electron chi connectivity index (χ0n) is 32.2. The van der Waals surface area contributed by atoms with E-state index in [0.29, 0.717) is 23.7 Å². The first kappa shape index (κ1) is 41.2. The Hall–Kier alpha value is -4.46. The minimum Gasteiger partial charge on any atom is -0.331 e. The monoisotopic (exact) mass is 794 g/mol. The van der Waals surface area contributed by atoms with Crippen LogP contribution in [0.15, 0.2) is 36.5 Å². The second-order valence-corrected chi connectivity index (χ2v) is 16.5. The summed E-state index contributed by atoms with van der Waals surface area (Å²) < 4.78 is 41.2. The molecule has 12 nitrogen and oxygen atoms in total. The number of aromatic nitrogens is 1. The van der Waals surface area contributed by atoms with Gasteiger partial charge in [0.2, 0.25) is 17.7 Å². The molecule has 4 amide bonds. The van der Waals surface area contributed by atoms with Gasteiger partial charge in [-0.05, 0) is 128 Å². The average molecular weight is 795 g/mol. The largest absolute Gasteiger partial charge is 0.417 e. The average Bonchev–Trinajstić information content (AvgIpc) is 3.32. The van der Waals surface area contributed by atoms with E-state index in [1.807, 2.05) is 4.90 Å². The molecule has 1 aromatic carbocycles. The highest BCUT2D eigenvalue weighted by atomic mass is 32.1. The zero-order chi connectivity index (χ0) is 40.5. The number of rotatable bonds is 10. The van der Waals surface area contributed by atoms with Gasteiger partial charge in [0.05, 0.1) is 52.9 Å². The summed E-state index contributed by atoms with van der Waals surface area (Å²) in [6.07, 6.45) is 3.17. The lowest BCUT2D eigenvalue weighted by Crippen LogP contribution is -2.58. The van der Waals surface area contributed by atoms with Crippen molar-refractivity contribution in [3.63, 3.8) is 0 Å². The van der Waals surface area contributed by atoms with Crippen LogP contribution in [-0.2, 0) is 25.4 Å². The number of anilines is 2. The number of benzene rings is 1. The molecule has 3 saturated heterocycles. The number of nitrogens with zero attached hydrogens (tertiary/aromatic N) is 6. The van der Waals surface area contributed by atoms with Crippen molar-refractivity contribution in [3.8, 4) is 6.07 Å². The molecule has 0 bridgehead atoms. The maximum atomic E-state index is 13.7. The summed E-state index contributed by atoms with van der Waals surface area (Å²) in [4.78, 5) is 62.5. The second kappa shape index (κ2) is 16.6. The molecule has 6 rings (SSSR count). The number of nitriles is 1. The van der Waals surface area contributed by atoms with Gasteiger partial charge < -0.3 is 15.1 Å². The smallest absolute Gasteiger partial charge is 0.331 e. The number of piperidine rings is 1. The molecule has 4 aliphatic rings. The van der Waals surface area contributed by atoms with Gasteiger partial charge in [-0.2, -0.15) is 18.4 Å². The van der Waals surface area contributed by atoms with Gasteiger partial charge in [0.25, 0.3) is 5.91 Å². The Morgan fingerprint density at radius 3 is 2.36 bits per heavy atom. The molecule has 2 aromatic rings. The molecule has 1 aliphatic carbocycles. The molecular formula is C40H49F3N8O4S. The highest BCUT2D eigenvalue weighted by Crippen LogP contribution is 2.41. The molecule has 16 heteroatoms. The summed E-state index contributed by atoms with van der Waals surface area (Å²) in [5.41, 5.74) is -1.50. The molecular weight excluding hydrogens is 746 g/mol. The number of hydrogen-bond donors (Lipinski definition) is 2. The van der Waals surface area contributed by atoms with Crippen molar-refractivity contribution in [3.05, 3.63) is 53.3 Å². The van der Waals surface area contributed by atoms with Crippen molar-refractivity contribution in [1.29, 1.82) is 5.26 Å². The van der Waals surface area contributed by atoms with Crippen molar-refractivity contribution in [1.82, 2.24) is 25.0 Å². The molecule has 56 heavy (non-hydrogen) atoms. The topological polar surface area (TPSA) is 142 Å². The standard InChI is InChI=1S/C40H49F3N8O4S/c1-24-21-48(22-25(2)49(24)23-35(53)46-28-10-15-33(45-20-28)31-14-16-34(52)47-36(31)54)17-5-6-26-7-11-29(12-8-26)51-38(56)50(37(55)39(51,3)4)30-13-9-27(19-44)32(18-30)40(41,42)43/h9-10,13,15,18,20,24-26,29,31H,5-8,11-12,14,16-17,21-23H2,1-4H3,(H,46,53)(H,47,52,54)/t24-,25+,26-,29-,31?. The molecule has 4 fully saturated rings. The second-order valence-electron chi connectivity index (χ2n) is 16.2. The third kappa shape index (κ3) is 8.74. The van der Waals surface area contributed by atoms with Crippen molar-refractivity contribution >= 4 is 52.3 Å². The quantitative estimate of drug-likeness (QED) is 0.232. The van der Waals surface area contributed by atoms with Crippen LogP contribution < -0.4 is 15.5 Å². The Labute approximate surface area is 330 Å². The first-order valence-electron chi connectivity index (χ1n) is 19.3. The SMILES string of the molecule is C[C@@H]1CN(CCC[C@H]2CC[C@H](N3C(=S)N(c4ccc(C#N)c(C(F)(F)F)c4)C(=O)C3(C)C)CC2)C[C@H](C)N1CC(=O)Nc1ccc(C2CCC(=O)NC2=O)nc1. The lowest BCUT2D eigenvalue weighted by molar-refractivity contribution is -0.138. The minimum absolute atomic E-state index is 0.0106. The number of carbonyl (C=O) groups excluding carboxylic acids is 4. The Morgan fingerprint density at radius 1 is 1.05 bits per heavy atom. The van der Waals surface area contributed by atoms with Crippen molar-refractivity contribution in [2.45, 2.75) is 115 Å². The number of thiocarbonyl (C=S) groups is 1. The van der Waals surface area contributed by atoms with Gasteiger partial charge >= 0.3 is 6.18 Å². The summed E-state index contributed by atoms with van der Waals surface area (Å²) in [5, 5.41) is 14.7. The summed E-state index contributed by atoms with van der Waals surface area (Å²) >= 11 is 5.76.